The summed E-state index contributed by atoms with van der Waals surface area (Å²) in [6.45, 7) is 1.96. The maximum Gasteiger partial charge on any atom is 0.224 e. The van der Waals surface area contributed by atoms with E-state index in [4.69, 9.17) is 0 Å². The number of hydrogen-bond donors (Lipinski definition) is 2. The Morgan fingerprint density at radius 3 is 2.75 bits per heavy atom. The van der Waals surface area contributed by atoms with Gasteiger partial charge < -0.3 is 10.6 Å². The number of nitrogens with one attached hydrogen (secondary N) is 2. The van der Waals surface area contributed by atoms with Crippen LogP contribution in [0.15, 0.2) is 0 Å². The zero-order valence-corrected chi connectivity index (χ0v) is 9.87. The van der Waals surface area contributed by atoms with E-state index in [9.17, 15) is 4.79 Å². The molecule has 3 nitrogen and oxygen atoms in total. The molecule has 0 aromatic heterocycles. The smallest absolute Gasteiger partial charge is 0.224 e. The molecular formula is C13H22N2O. The van der Waals surface area contributed by atoms with E-state index in [1.165, 1.54) is 25.7 Å². The summed E-state index contributed by atoms with van der Waals surface area (Å²) in [6, 6.07) is 0.508. The number of rotatable bonds is 2. The molecule has 0 aromatic carbocycles. The summed E-state index contributed by atoms with van der Waals surface area (Å²) in [4.78, 5) is 12.1. The van der Waals surface area contributed by atoms with E-state index in [2.05, 4.69) is 10.6 Å². The van der Waals surface area contributed by atoms with Crippen molar-refractivity contribution in [3.63, 3.8) is 0 Å². The number of carbonyl (C=O) groups is 1. The first kappa shape index (κ1) is 10.6. The Morgan fingerprint density at radius 1 is 1.19 bits per heavy atom. The SMILES string of the molecule is O=C(NC1CC2CCC1C2)C1CCCNC1. The fourth-order valence-electron chi connectivity index (χ4n) is 3.80. The van der Waals surface area contributed by atoms with Gasteiger partial charge in [0.2, 0.25) is 5.91 Å². The minimum atomic E-state index is 0.230. The summed E-state index contributed by atoms with van der Waals surface area (Å²) >= 11 is 0. The molecule has 1 amide bonds. The van der Waals surface area contributed by atoms with E-state index in [0.717, 1.165) is 37.8 Å². The molecule has 4 unspecified atom stereocenters. The fourth-order valence-corrected chi connectivity index (χ4v) is 3.80. The third-order valence-corrected chi connectivity index (χ3v) is 4.73. The number of amides is 1. The Labute approximate surface area is 97.4 Å². The highest BCUT2D eigenvalue weighted by molar-refractivity contribution is 5.79. The fraction of sp³-hybridized carbons (Fsp3) is 0.923. The molecule has 90 valence electrons. The summed E-state index contributed by atoms with van der Waals surface area (Å²) in [6.07, 6.45) is 7.58. The van der Waals surface area contributed by atoms with E-state index in [1.807, 2.05) is 0 Å². The topological polar surface area (TPSA) is 41.1 Å². The molecule has 2 aliphatic carbocycles. The first-order valence-corrected chi connectivity index (χ1v) is 6.84. The van der Waals surface area contributed by atoms with Crippen molar-refractivity contribution in [2.45, 2.75) is 44.6 Å². The van der Waals surface area contributed by atoms with Crippen LogP contribution in [0.4, 0.5) is 0 Å². The molecule has 3 heteroatoms. The van der Waals surface area contributed by atoms with E-state index < -0.39 is 0 Å². The van der Waals surface area contributed by atoms with Crippen molar-refractivity contribution in [3.8, 4) is 0 Å². The van der Waals surface area contributed by atoms with Crippen LogP contribution in [0.3, 0.4) is 0 Å². The predicted molar refractivity (Wildman–Crippen MR) is 63.0 cm³/mol. The van der Waals surface area contributed by atoms with Crippen molar-refractivity contribution in [2.75, 3.05) is 13.1 Å². The van der Waals surface area contributed by atoms with Gasteiger partial charge in [0.05, 0.1) is 5.92 Å². The number of piperidine rings is 1. The summed E-state index contributed by atoms with van der Waals surface area (Å²) in [5.74, 6) is 2.25. The van der Waals surface area contributed by atoms with Gasteiger partial charge in [-0.15, -0.1) is 0 Å². The monoisotopic (exact) mass is 222 g/mol. The van der Waals surface area contributed by atoms with Crippen LogP contribution in [0, 0.1) is 17.8 Å². The lowest BCUT2D eigenvalue weighted by atomic mass is 9.93. The van der Waals surface area contributed by atoms with Crippen LogP contribution in [0.2, 0.25) is 0 Å². The van der Waals surface area contributed by atoms with E-state index in [1.54, 1.807) is 0 Å². The largest absolute Gasteiger partial charge is 0.353 e. The lowest BCUT2D eigenvalue weighted by Gasteiger charge is -2.27. The number of carbonyl (C=O) groups excluding carboxylic acids is 1. The number of fused-ring (bicyclic) bond motifs is 2. The van der Waals surface area contributed by atoms with Gasteiger partial charge in [-0.2, -0.15) is 0 Å². The maximum atomic E-state index is 12.1. The van der Waals surface area contributed by atoms with E-state index >= 15 is 0 Å². The second kappa shape index (κ2) is 4.36. The van der Waals surface area contributed by atoms with Gasteiger partial charge in [0, 0.05) is 12.6 Å². The van der Waals surface area contributed by atoms with Crippen LogP contribution >= 0.6 is 0 Å². The molecule has 3 rings (SSSR count). The highest BCUT2D eigenvalue weighted by Gasteiger charge is 2.40. The van der Waals surface area contributed by atoms with Gasteiger partial charge in [0.1, 0.15) is 0 Å². The van der Waals surface area contributed by atoms with Gasteiger partial charge in [0.25, 0.3) is 0 Å². The van der Waals surface area contributed by atoms with Crippen LogP contribution in [0.25, 0.3) is 0 Å². The standard InChI is InChI=1S/C13H22N2O/c16-13(11-2-1-5-14-8-11)15-12-7-9-3-4-10(12)6-9/h9-12,14H,1-8H2,(H,15,16). The zero-order chi connectivity index (χ0) is 11.0. The maximum absolute atomic E-state index is 12.1. The second-order valence-electron chi connectivity index (χ2n) is 5.83. The Balaban J connectivity index is 1.52. The Bertz CT molecular complexity index is 273. The highest BCUT2D eigenvalue weighted by atomic mass is 16.2. The molecule has 2 N–H and O–H groups in total. The molecule has 1 saturated heterocycles. The van der Waals surface area contributed by atoms with Crippen LogP contribution in [-0.4, -0.2) is 25.0 Å². The van der Waals surface area contributed by atoms with E-state index in [0.29, 0.717) is 11.9 Å². The molecule has 0 spiro atoms. The van der Waals surface area contributed by atoms with Crippen molar-refractivity contribution in [2.24, 2.45) is 17.8 Å². The van der Waals surface area contributed by atoms with Crippen LogP contribution in [-0.2, 0) is 4.79 Å². The normalized spacial score (nSPS) is 42.2. The highest BCUT2D eigenvalue weighted by Crippen LogP contribution is 2.44. The minimum absolute atomic E-state index is 0.230. The van der Waals surface area contributed by atoms with Gasteiger partial charge in [-0.3, -0.25) is 4.79 Å². The van der Waals surface area contributed by atoms with E-state index in [-0.39, 0.29) is 5.92 Å². The van der Waals surface area contributed by atoms with Gasteiger partial charge in [-0.1, -0.05) is 6.42 Å². The van der Waals surface area contributed by atoms with Crippen LogP contribution in [0.1, 0.15) is 38.5 Å². The predicted octanol–water partition coefficient (Wildman–Crippen LogP) is 1.29. The molecule has 3 fully saturated rings. The molecular weight excluding hydrogens is 200 g/mol. The second-order valence-corrected chi connectivity index (χ2v) is 5.83. The van der Waals surface area contributed by atoms with Crippen molar-refractivity contribution < 1.29 is 4.79 Å². The lowest BCUT2D eigenvalue weighted by molar-refractivity contribution is -0.126. The lowest BCUT2D eigenvalue weighted by Crippen LogP contribution is -2.46. The summed E-state index contributed by atoms with van der Waals surface area (Å²) in [7, 11) is 0. The first-order chi connectivity index (χ1) is 7.83. The van der Waals surface area contributed by atoms with Gasteiger partial charge in [0.15, 0.2) is 0 Å². The zero-order valence-electron chi connectivity index (χ0n) is 9.87. The van der Waals surface area contributed by atoms with Crippen LogP contribution < -0.4 is 10.6 Å². The third-order valence-electron chi connectivity index (χ3n) is 4.73. The summed E-state index contributed by atoms with van der Waals surface area (Å²) in [5.41, 5.74) is 0. The molecule has 1 aliphatic heterocycles. The quantitative estimate of drug-likeness (QED) is 0.739. The molecule has 2 bridgehead atoms. The molecule has 3 aliphatic rings. The van der Waals surface area contributed by atoms with Gasteiger partial charge >= 0.3 is 0 Å². The molecule has 16 heavy (non-hydrogen) atoms. The minimum Gasteiger partial charge on any atom is -0.353 e. The van der Waals surface area contributed by atoms with Crippen molar-refractivity contribution in [1.29, 1.82) is 0 Å². The molecule has 0 radical (unpaired) electrons. The third kappa shape index (κ3) is 1.97. The van der Waals surface area contributed by atoms with Crippen LogP contribution in [0.5, 0.6) is 0 Å². The Hall–Kier alpha value is -0.570. The molecule has 1 heterocycles. The average Bonchev–Trinajstić information content (AvgIpc) is 2.92. The van der Waals surface area contributed by atoms with Crippen molar-refractivity contribution in [1.82, 2.24) is 10.6 Å². The van der Waals surface area contributed by atoms with Gasteiger partial charge in [-0.25, -0.2) is 0 Å². The Morgan fingerprint density at radius 2 is 2.12 bits per heavy atom. The summed E-state index contributed by atoms with van der Waals surface area (Å²) < 4.78 is 0. The molecule has 2 saturated carbocycles. The van der Waals surface area contributed by atoms with Crippen molar-refractivity contribution in [3.05, 3.63) is 0 Å². The summed E-state index contributed by atoms with van der Waals surface area (Å²) in [5, 5.41) is 6.61. The average molecular weight is 222 g/mol. The number of hydrogen-bond acceptors (Lipinski definition) is 2. The molecule has 4 atom stereocenters. The van der Waals surface area contributed by atoms with Crippen molar-refractivity contribution >= 4 is 5.91 Å². The van der Waals surface area contributed by atoms with Gasteiger partial charge in [-0.05, 0) is 50.5 Å². The molecule has 0 aromatic rings. The first-order valence-electron chi connectivity index (χ1n) is 6.84. The Kier molecular flexibility index (Phi) is 2.88.